The highest BCUT2D eigenvalue weighted by Crippen LogP contribution is 2.38. The highest BCUT2D eigenvalue weighted by atomic mass is 32.2. The molecule has 1 N–H and O–H groups in total. The van der Waals surface area contributed by atoms with Gasteiger partial charge in [-0.1, -0.05) is 48.5 Å². The van der Waals surface area contributed by atoms with Crippen LogP contribution in [0.25, 0.3) is 21.3 Å². The standard InChI is InChI=1S/C30H30N6O6S3/c1-35-12-14-36(15-13-35)30(37)23-9-5-8-21(16-23)22-10-11-24-25(17-22)43-29(32-24)27(28-34-33-26(42-28)18-31-44(38)39)45(40,41)19-20-6-3-2-4-7-20/h2-11,16-17,27,44H,12-15,18-19H2,1H3,(H,31,38,39). The molecule has 1 unspecified atom stereocenters. The molecule has 15 heteroatoms. The third kappa shape index (κ3) is 7.12. The van der Waals surface area contributed by atoms with Gasteiger partial charge in [-0.2, -0.15) is 0 Å². The van der Waals surface area contributed by atoms with Crippen molar-refractivity contribution in [2.45, 2.75) is 17.5 Å². The molecule has 0 radical (unpaired) electrons. The molecular formula is C30H30N6O6S3. The second-order valence-corrected chi connectivity index (χ2v) is 14.7. The van der Waals surface area contributed by atoms with Crippen molar-refractivity contribution < 1.29 is 26.0 Å². The lowest BCUT2D eigenvalue weighted by atomic mass is 10.0. The Balaban J connectivity index is 1.33. The third-order valence-electron chi connectivity index (χ3n) is 7.50. The van der Waals surface area contributed by atoms with Crippen LogP contribution in [-0.4, -0.2) is 81.0 Å². The summed E-state index contributed by atoms with van der Waals surface area (Å²) >= 11 is 1.20. The van der Waals surface area contributed by atoms with Gasteiger partial charge in [0, 0.05) is 31.7 Å². The summed E-state index contributed by atoms with van der Waals surface area (Å²) in [5, 5.41) is 6.71. The largest absolute Gasteiger partial charge is 0.422 e. The number of rotatable bonds is 10. The number of piperazine rings is 1. The van der Waals surface area contributed by atoms with Gasteiger partial charge in [-0.05, 0) is 48.0 Å². The number of nitrogens with zero attached hydrogens (tertiary/aromatic N) is 5. The van der Waals surface area contributed by atoms with Gasteiger partial charge in [0.2, 0.25) is 22.7 Å². The van der Waals surface area contributed by atoms with Crippen LogP contribution in [0.1, 0.15) is 38.0 Å². The van der Waals surface area contributed by atoms with E-state index in [4.69, 9.17) is 4.42 Å². The number of fused-ring (bicyclic) bond motifs is 1. The molecule has 5 aromatic rings. The Morgan fingerprint density at radius 1 is 0.978 bits per heavy atom. The first-order valence-electron chi connectivity index (χ1n) is 14.1. The summed E-state index contributed by atoms with van der Waals surface area (Å²) in [4.78, 5) is 21.9. The van der Waals surface area contributed by atoms with Crippen molar-refractivity contribution in [1.29, 1.82) is 0 Å². The lowest BCUT2D eigenvalue weighted by Crippen LogP contribution is -2.47. The van der Waals surface area contributed by atoms with Crippen LogP contribution >= 0.6 is 11.3 Å². The van der Waals surface area contributed by atoms with Crippen LogP contribution < -0.4 is 4.72 Å². The SMILES string of the molecule is CN1CCN(C(=O)c2cccc(-c3ccc4nc(C(c5nnc(CN[SH](=O)=O)o5)S(=O)(=O)Cc5ccccc5)sc4c3)c2)CC1. The molecule has 234 valence electrons. The fraction of sp³-hybridized carbons (Fsp3) is 0.267. The number of amides is 1. The zero-order valence-corrected chi connectivity index (χ0v) is 26.7. The Kier molecular flexibility index (Phi) is 9.05. The van der Waals surface area contributed by atoms with Crippen LogP contribution in [0.15, 0.2) is 77.2 Å². The number of thiol groups is 1. The first kappa shape index (κ1) is 31.0. The molecule has 45 heavy (non-hydrogen) atoms. The summed E-state index contributed by atoms with van der Waals surface area (Å²) in [6.07, 6.45) is 0. The Hall–Kier alpha value is -4.02. The van der Waals surface area contributed by atoms with Crippen LogP contribution in [-0.2, 0) is 33.0 Å². The molecule has 6 rings (SSSR count). The van der Waals surface area contributed by atoms with E-state index >= 15 is 0 Å². The van der Waals surface area contributed by atoms with E-state index in [1.54, 1.807) is 30.3 Å². The van der Waals surface area contributed by atoms with Crippen LogP contribution in [0.3, 0.4) is 0 Å². The fourth-order valence-electron chi connectivity index (χ4n) is 5.14. The molecule has 1 aliphatic rings. The topological polar surface area (TPSA) is 156 Å². The molecular weight excluding hydrogens is 637 g/mol. The first-order chi connectivity index (χ1) is 21.7. The Morgan fingerprint density at radius 3 is 2.49 bits per heavy atom. The van der Waals surface area contributed by atoms with Crippen molar-refractivity contribution in [3.8, 4) is 11.1 Å². The highest BCUT2D eigenvalue weighted by Gasteiger charge is 2.37. The normalized spacial score (nSPS) is 15.1. The summed E-state index contributed by atoms with van der Waals surface area (Å²) in [6.45, 7) is 2.76. The Morgan fingerprint density at radius 2 is 1.73 bits per heavy atom. The van der Waals surface area contributed by atoms with Gasteiger partial charge in [-0.25, -0.2) is 26.5 Å². The first-order valence-corrected chi connectivity index (χ1v) is 17.8. The van der Waals surface area contributed by atoms with Crippen LogP contribution in [0.4, 0.5) is 0 Å². The van der Waals surface area contributed by atoms with Crippen molar-refractivity contribution in [3.63, 3.8) is 0 Å². The Bertz CT molecular complexity index is 2010. The van der Waals surface area contributed by atoms with Gasteiger partial charge in [0.15, 0.2) is 15.1 Å². The zero-order valence-electron chi connectivity index (χ0n) is 24.2. The number of hydrogen-bond donors (Lipinski definition) is 2. The maximum atomic E-state index is 13.9. The summed E-state index contributed by atoms with van der Waals surface area (Å²) in [5.74, 6) is -0.568. The molecule has 3 aromatic carbocycles. The minimum atomic E-state index is -3.97. The fourth-order valence-corrected chi connectivity index (χ4v) is 8.55. The average molecular weight is 667 g/mol. The minimum Gasteiger partial charge on any atom is -0.422 e. The summed E-state index contributed by atoms with van der Waals surface area (Å²) < 4.78 is 58.3. The smallest absolute Gasteiger partial charge is 0.253 e. The molecule has 0 saturated carbocycles. The molecule has 12 nitrogen and oxygen atoms in total. The van der Waals surface area contributed by atoms with Crippen LogP contribution in [0.2, 0.25) is 0 Å². The molecule has 3 heterocycles. The maximum Gasteiger partial charge on any atom is 0.253 e. The van der Waals surface area contributed by atoms with E-state index in [9.17, 15) is 21.6 Å². The minimum absolute atomic E-state index is 0.00573. The monoisotopic (exact) mass is 666 g/mol. The molecule has 1 aliphatic heterocycles. The van der Waals surface area contributed by atoms with Crippen molar-refractivity contribution in [3.05, 3.63) is 101 Å². The van der Waals surface area contributed by atoms with Gasteiger partial charge < -0.3 is 14.2 Å². The van der Waals surface area contributed by atoms with Crippen molar-refractivity contribution in [2.24, 2.45) is 0 Å². The molecule has 0 aliphatic carbocycles. The van der Waals surface area contributed by atoms with E-state index in [1.807, 2.05) is 54.4 Å². The highest BCUT2D eigenvalue weighted by molar-refractivity contribution is 7.91. The molecule has 2 aromatic heterocycles. The molecule has 1 atom stereocenters. The lowest BCUT2D eigenvalue weighted by molar-refractivity contribution is 0.0664. The molecule has 0 spiro atoms. The van der Waals surface area contributed by atoms with Crippen molar-refractivity contribution >= 4 is 48.2 Å². The van der Waals surface area contributed by atoms with Gasteiger partial charge >= 0.3 is 0 Å². The van der Waals surface area contributed by atoms with E-state index in [0.717, 1.165) is 28.9 Å². The second-order valence-electron chi connectivity index (χ2n) is 10.7. The number of carbonyl (C=O) groups excluding carboxylic acids is 1. The maximum absolute atomic E-state index is 13.9. The number of carbonyl (C=O) groups is 1. The van der Waals surface area contributed by atoms with Gasteiger partial charge in [0.1, 0.15) is 5.01 Å². The van der Waals surface area contributed by atoms with E-state index in [0.29, 0.717) is 29.7 Å². The van der Waals surface area contributed by atoms with E-state index in [-0.39, 0.29) is 35.0 Å². The molecule has 1 amide bonds. The van der Waals surface area contributed by atoms with E-state index in [2.05, 4.69) is 24.8 Å². The van der Waals surface area contributed by atoms with Crippen molar-refractivity contribution in [1.82, 2.24) is 29.7 Å². The number of aromatic nitrogens is 3. The second kappa shape index (κ2) is 13.1. The zero-order chi connectivity index (χ0) is 31.6. The predicted molar refractivity (Wildman–Crippen MR) is 171 cm³/mol. The predicted octanol–water partition coefficient (Wildman–Crippen LogP) is 3.05. The molecule has 1 fully saturated rings. The number of sulfone groups is 1. The van der Waals surface area contributed by atoms with Gasteiger partial charge in [0.25, 0.3) is 5.91 Å². The number of thiazole rings is 1. The number of benzene rings is 3. The van der Waals surface area contributed by atoms with Gasteiger partial charge in [-0.3, -0.25) is 4.79 Å². The Labute approximate surface area is 265 Å². The summed E-state index contributed by atoms with van der Waals surface area (Å²) in [7, 11) is -4.83. The average Bonchev–Trinajstić information content (AvgIpc) is 3.67. The number of likely N-dealkylation sites (N-methyl/N-ethyl adjacent to an activating group) is 1. The van der Waals surface area contributed by atoms with Gasteiger partial charge in [-0.15, -0.1) is 21.5 Å². The summed E-state index contributed by atoms with van der Waals surface area (Å²) in [5.41, 5.74) is 3.49. The number of nitrogens with one attached hydrogen (secondary N) is 1. The molecule has 1 saturated heterocycles. The summed E-state index contributed by atoms with van der Waals surface area (Å²) in [6, 6.07) is 21.9. The quantitative estimate of drug-likeness (QED) is 0.213. The molecule has 0 bridgehead atoms. The van der Waals surface area contributed by atoms with E-state index < -0.39 is 26.0 Å². The van der Waals surface area contributed by atoms with Gasteiger partial charge in [0.05, 0.1) is 22.5 Å². The van der Waals surface area contributed by atoms with Crippen molar-refractivity contribution in [2.75, 3.05) is 33.2 Å². The van der Waals surface area contributed by atoms with Crippen LogP contribution in [0.5, 0.6) is 0 Å². The van der Waals surface area contributed by atoms with E-state index in [1.165, 1.54) is 11.3 Å². The number of hydrogen-bond acceptors (Lipinski definition) is 11. The lowest BCUT2D eigenvalue weighted by Gasteiger charge is -2.32. The van der Waals surface area contributed by atoms with Crippen LogP contribution in [0, 0.1) is 0 Å². The third-order valence-corrected chi connectivity index (χ3v) is 11.0.